The van der Waals surface area contributed by atoms with Crippen LogP contribution in [0.3, 0.4) is 0 Å². The van der Waals surface area contributed by atoms with Crippen LogP contribution in [-0.2, 0) is 4.74 Å². The van der Waals surface area contributed by atoms with E-state index in [2.05, 4.69) is 15.2 Å². The van der Waals surface area contributed by atoms with Crippen molar-refractivity contribution in [1.82, 2.24) is 14.9 Å². The quantitative estimate of drug-likeness (QED) is 0.821. The lowest BCUT2D eigenvalue weighted by atomic mass is 10.1. The number of carbonyl (C=O) groups excluding carboxylic acids is 1. The summed E-state index contributed by atoms with van der Waals surface area (Å²) in [6, 6.07) is 7.54. The Hall–Kier alpha value is -3.03. The molecule has 1 spiro atoms. The normalized spacial score (nSPS) is 17.9. The molecule has 1 saturated carbocycles. The molecule has 2 aromatic rings. The standard InChI is InChI=1S/C21H28N6O2/c1-20(2,3)29-19(28)27-13-12-26(14-21(27)8-9-21)17-5-4-16(22)18(25-17)24-15-6-10-23-11-7-15/h4-7,10-11H,8-9,12-14,22H2,1-3H3,(H,23,24,25). The molecular formula is C21H28N6O2. The third-order valence-electron chi connectivity index (χ3n) is 5.27. The Labute approximate surface area is 171 Å². The van der Waals surface area contributed by atoms with E-state index in [1.165, 1.54) is 0 Å². The van der Waals surface area contributed by atoms with Gasteiger partial charge in [0.15, 0.2) is 5.82 Å². The maximum absolute atomic E-state index is 12.7. The number of carbonyl (C=O) groups is 1. The summed E-state index contributed by atoms with van der Waals surface area (Å²) in [5.74, 6) is 1.47. The molecule has 1 aliphatic heterocycles. The van der Waals surface area contributed by atoms with Gasteiger partial charge in [-0.15, -0.1) is 0 Å². The van der Waals surface area contributed by atoms with E-state index in [0.29, 0.717) is 24.6 Å². The highest BCUT2D eigenvalue weighted by atomic mass is 16.6. The largest absolute Gasteiger partial charge is 0.444 e. The van der Waals surface area contributed by atoms with Gasteiger partial charge in [0.05, 0.1) is 11.2 Å². The lowest BCUT2D eigenvalue weighted by molar-refractivity contribution is 0.0106. The summed E-state index contributed by atoms with van der Waals surface area (Å²) in [6.45, 7) is 7.77. The highest BCUT2D eigenvalue weighted by Crippen LogP contribution is 2.45. The predicted molar refractivity (Wildman–Crippen MR) is 113 cm³/mol. The molecule has 4 rings (SSSR count). The van der Waals surface area contributed by atoms with Gasteiger partial charge >= 0.3 is 6.09 Å². The molecule has 3 heterocycles. The van der Waals surface area contributed by atoms with Gasteiger partial charge in [0.2, 0.25) is 0 Å². The molecule has 2 aromatic heterocycles. The van der Waals surface area contributed by atoms with E-state index < -0.39 is 5.60 Å². The lowest BCUT2D eigenvalue weighted by Gasteiger charge is -2.42. The first-order chi connectivity index (χ1) is 13.8. The second kappa shape index (κ2) is 7.09. The minimum atomic E-state index is -0.490. The molecule has 1 amide bonds. The van der Waals surface area contributed by atoms with Gasteiger partial charge in [-0.3, -0.25) is 9.88 Å². The van der Waals surface area contributed by atoms with Crippen molar-refractivity contribution in [2.24, 2.45) is 0 Å². The summed E-state index contributed by atoms with van der Waals surface area (Å²) >= 11 is 0. The monoisotopic (exact) mass is 396 g/mol. The first kappa shape index (κ1) is 19.3. The Morgan fingerprint density at radius 2 is 1.90 bits per heavy atom. The van der Waals surface area contributed by atoms with Crippen LogP contribution in [0.15, 0.2) is 36.7 Å². The van der Waals surface area contributed by atoms with Gasteiger partial charge in [-0.1, -0.05) is 0 Å². The van der Waals surface area contributed by atoms with Crippen LogP contribution in [-0.4, -0.2) is 51.7 Å². The van der Waals surface area contributed by atoms with E-state index in [-0.39, 0.29) is 11.6 Å². The summed E-state index contributed by atoms with van der Waals surface area (Å²) < 4.78 is 5.62. The number of anilines is 4. The number of amides is 1. The van der Waals surface area contributed by atoms with E-state index in [0.717, 1.165) is 30.9 Å². The number of hydrogen-bond acceptors (Lipinski definition) is 7. The van der Waals surface area contributed by atoms with Crippen LogP contribution in [0.5, 0.6) is 0 Å². The van der Waals surface area contributed by atoms with Gasteiger partial charge in [-0.05, 0) is 57.9 Å². The average Bonchev–Trinajstić information content (AvgIpc) is 3.42. The second-order valence-corrected chi connectivity index (χ2v) is 8.75. The molecule has 8 nitrogen and oxygen atoms in total. The molecule has 0 bridgehead atoms. The molecule has 2 aliphatic rings. The van der Waals surface area contributed by atoms with Gasteiger partial charge in [-0.2, -0.15) is 0 Å². The van der Waals surface area contributed by atoms with Crippen molar-refractivity contribution in [3.63, 3.8) is 0 Å². The average molecular weight is 396 g/mol. The van der Waals surface area contributed by atoms with Crippen molar-refractivity contribution < 1.29 is 9.53 Å². The number of aromatic nitrogens is 2. The molecule has 3 N–H and O–H groups in total. The molecule has 154 valence electrons. The van der Waals surface area contributed by atoms with Crippen molar-refractivity contribution in [2.75, 3.05) is 35.6 Å². The molecule has 29 heavy (non-hydrogen) atoms. The Balaban J connectivity index is 1.49. The Bertz CT molecular complexity index is 892. The fourth-order valence-electron chi connectivity index (χ4n) is 3.66. The summed E-state index contributed by atoms with van der Waals surface area (Å²) in [6.07, 6.45) is 5.18. The number of hydrogen-bond donors (Lipinski definition) is 2. The van der Waals surface area contributed by atoms with Crippen molar-refractivity contribution in [3.8, 4) is 0 Å². The van der Waals surface area contributed by atoms with Gasteiger partial charge in [-0.25, -0.2) is 9.78 Å². The molecule has 2 fully saturated rings. The first-order valence-electron chi connectivity index (χ1n) is 9.95. The van der Waals surface area contributed by atoms with E-state index in [4.69, 9.17) is 15.5 Å². The van der Waals surface area contributed by atoms with Gasteiger partial charge in [0, 0.05) is 37.7 Å². The van der Waals surface area contributed by atoms with Crippen molar-refractivity contribution in [1.29, 1.82) is 0 Å². The van der Waals surface area contributed by atoms with Crippen LogP contribution >= 0.6 is 0 Å². The van der Waals surface area contributed by atoms with Crippen LogP contribution in [0, 0.1) is 0 Å². The smallest absolute Gasteiger partial charge is 0.410 e. The Kier molecular flexibility index (Phi) is 4.72. The SMILES string of the molecule is CC(C)(C)OC(=O)N1CCN(c2ccc(N)c(Nc3ccncc3)n2)CC12CC2. The number of piperazine rings is 1. The van der Waals surface area contributed by atoms with Crippen molar-refractivity contribution in [2.45, 2.75) is 44.8 Å². The minimum Gasteiger partial charge on any atom is -0.444 e. The molecule has 0 aromatic carbocycles. The number of nitrogen functional groups attached to an aromatic ring is 1. The molecular weight excluding hydrogens is 368 g/mol. The van der Waals surface area contributed by atoms with Crippen LogP contribution in [0.4, 0.5) is 27.8 Å². The zero-order valence-electron chi connectivity index (χ0n) is 17.2. The molecule has 8 heteroatoms. The van der Waals surface area contributed by atoms with Crippen molar-refractivity contribution >= 4 is 29.1 Å². The summed E-state index contributed by atoms with van der Waals surface area (Å²) in [5, 5.41) is 3.25. The fourth-order valence-corrected chi connectivity index (χ4v) is 3.66. The molecule has 0 unspecified atom stereocenters. The highest BCUT2D eigenvalue weighted by molar-refractivity contribution is 5.72. The highest BCUT2D eigenvalue weighted by Gasteiger charge is 2.54. The number of nitrogens with two attached hydrogens (primary N) is 1. The van der Waals surface area contributed by atoms with Crippen LogP contribution in [0.1, 0.15) is 33.6 Å². The maximum atomic E-state index is 12.7. The minimum absolute atomic E-state index is 0.150. The number of rotatable bonds is 3. The van der Waals surface area contributed by atoms with Crippen LogP contribution < -0.4 is 16.0 Å². The van der Waals surface area contributed by atoms with Gasteiger partial charge in [0.1, 0.15) is 11.4 Å². The molecule has 1 saturated heterocycles. The van der Waals surface area contributed by atoms with E-state index >= 15 is 0 Å². The Morgan fingerprint density at radius 3 is 2.55 bits per heavy atom. The predicted octanol–water partition coefficient (Wildman–Crippen LogP) is 3.39. The fraction of sp³-hybridized carbons (Fsp3) is 0.476. The van der Waals surface area contributed by atoms with E-state index in [9.17, 15) is 4.79 Å². The maximum Gasteiger partial charge on any atom is 0.410 e. The van der Waals surface area contributed by atoms with Crippen LogP contribution in [0.25, 0.3) is 0 Å². The van der Waals surface area contributed by atoms with Crippen LogP contribution in [0.2, 0.25) is 0 Å². The second-order valence-electron chi connectivity index (χ2n) is 8.75. The summed E-state index contributed by atoms with van der Waals surface area (Å²) in [4.78, 5) is 25.6. The number of nitrogens with zero attached hydrogens (tertiary/aromatic N) is 4. The zero-order chi connectivity index (χ0) is 20.6. The summed E-state index contributed by atoms with van der Waals surface area (Å²) in [7, 11) is 0. The van der Waals surface area contributed by atoms with E-state index in [1.54, 1.807) is 12.4 Å². The topological polar surface area (TPSA) is 96.6 Å². The first-order valence-corrected chi connectivity index (χ1v) is 9.95. The van der Waals surface area contributed by atoms with Gasteiger partial charge in [0.25, 0.3) is 0 Å². The van der Waals surface area contributed by atoms with Crippen molar-refractivity contribution in [3.05, 3.63) is 36.7 Å². The third-order valence-corrected chi connectivity index (χ3v) is 5.27. The lowest BCUT2D eigenvalue weighted by Crippen LogP contribution is -2.58. The summed E-state index contributed by atoms with van der Waals surface area (Å²) in [5.41, 5.74) is 6.95. The number of pyridine rings is 2. The molecule has 0 radical (unpaired) electrons. The molecule has 1 aliphatic carbocycles. The molecule has 0 atom stereocenters. The van der Waals surface area contributed by atoms with E-state index in [1.807, 2.05) is 49.9 Å². The number of nitrogens with one attached hydrogen (secondary N) is 1. The number of ether oxygens (including phenoxy) is 1. The Morgan fingerprint density at radius 1 is 1.17 bits per heavy atom. The third kappa shape index (κ3) is 4.21. The zero-order valence-corrected chi connectivity index (χ0v) is 17.2. The van der Waals surface area contributed by atoms with Gasteiger partial charge < -0.3 is 20.7 Å².